The Labute approximate surface area is 230 Å². The number of rotatable bonds is 7. The fraction of sp³-hybridized carbons (Fsp3) is 0.129. The molecule has 7 nitrogen and oxygen atoms in total. The number of para-hydroxylation sites is 1. The van der Waals surface area contributed by atoms with Crippen LogP contribution in [0.3, 0.4) is 0 Å². The van der Waals surface area contributed by atoms with E-state index in [0.717, 1.165) is 11.1 Å². The molecule has 0 spiro atoms. The Kier molecular flexibility index (Phi) is 7.34. The van der Waals surface area contributed by atoms with E-state index in [1.54, 1.807) is 54.9 Å². The zero-order valence-electron chi connectivity index (χ0n) is 21.3. The molecule has 0 saturated carbocycles. The number of nitrogens with zero attached hydrogens (tertiary/aromatic N) is 2. The van der Waals surface area contributed by atoms with Crippen molar-refractivity contribution in [2.24, 2.45) is 0 Å². The summed E-state index contributed by atoms with van der Waals surface area (Å²) in [6, 6.07) is 22.4. The van der Waals surface area contributed by atoms with Gasteiger partial charge in [-0.25, -0.2) is 0 Å². The predicted octanol–water partition coefficient (Wildman–Crippen LogP) is 6.47. The highest BCUT2D eigenvalue weighted by molar-refractivity contribution is 6.46. The van der Waals surface area contributed by atoms with Crippen LogP contribution in [-0.4, -0.2) is 33.8 Å². The summed E-state index contributed by atoms with van der Waals surface area (Å²) in [7, 11) is 1.43. The SMILES string of the molecule is COc1c(Cl)cc(C)cc1/C(O)=C1\C(=O)C(=O)N(Cc2cccnc2)C1c1cccc(Oc2ccccc2)c1. The fourth-order valence-electron chi connectivity index (χ4n) is 4.71. The molecule has 1 atom stereocenters. The number of carbonyl (C=O) groups is 2. The van der Waals surface area contributed by atoms with Gasteiger partial charge in [-0.1, -0.05) is 48.0 Å². The van der Waals surface area contributed by atoms with E-state index in [2.05, 4.69) is 4.98 Å². The van der Waals surface area contributed by atoms with Crippen molar-refractivity contribution in [1.82, 2.24) is 9.88 Å². The molecular formula is C31H25ClN2O5. The molecule has 1 aliphatic heterocycles. The number of aliphatic hydroxyl groups excluding tert-OH is 1. The van der Waals surface area contributed by atoms with Crippen LogP contribution in [0.5, 0.6) is 17.2 Å². The van der Waals surface area contributed by atoms with Crippen molar-refractivity contribution < 1.29 is 24.2 Å². The standard InChI is InChI=1S/C31H25ClN2O5/c1-19-14-24(30(38-2)25(32)15-19)28(35)26-27(34(31(37)29(26)36)18-20-8-7-13-33-17-20)21-9-6-12-23(16-21)39-22-10-4-3-5-11-22/h3-17,27,35H,18H2,1-2H3/b28-26+. The Morgan fingerprint density at radius 3 is 2.49 bits per heavy atom. The van der Waals surface area contributed by atoms with Crippen LogP contribution in [0.2, 0.25) is 5.02 Å². The lowest BCUT2D eigenvalue weighted by molar-refractivity contribution is -0.140. The Bertz CT molecular complexity index is 1570. The number of aryl methyl sites for hydroxylation is 1. The van der Waals surface area contributed by atoms with Crippen LogP contribution in [0.4, 0.5) is 0 Å². The van der Waals surface area contributed by atoms with E-state index in [1.165, 1.54) is 12.0 Å². The smallest absolute Gasteiger partial charge is 0.295 e. The zero-order chi connectivity index (χ0) is 27.5. The summed E-state index contributed by atoms with van der Waals surface area (Å²) in [5, 5.41) is 11.9. The molecule has 1 aromatic heterocycles. The monoisotopic (exact) mass is 540 g/mol. The number of aliphatic hydroxyl groups is 1. The first-order chi connectivity index (χ1) is 18.9. The van der Waals surface area contributed by atoms with E-state index in [0.29, 0.717) is 17.1 Å². The van der Waals surface area contributed by atoms with Crippen molar-refractivity contribution >= 4 is 29.1 Å². The number of likely N-dealkylation sites (tertiary alicyclic amines) is 1. The third-order valence-electron chi connectivity index (χ3n) is 6.42. The van der Waals surface area contributed by atoms with Crippen molar-refractivity contribution in [2.45, 2.75) is 19.5 Å². The lowest BCUT2D eigenvalue weighted by atomic mass is 9.94. The minimum Gasteiger partial charge on any atom is -0.507 e. The molecule has 8 heteroatoms. The van der Waals surface area contributed by atoms with Gasteiger partial charge in [-0.05, 0) is 66.1 Å². The van der Waals surface area contributed by atoms with Gasteiger partial charge in [0.2, 0.25) is 0 Å². The average Bonchev–Trinajstić information content (AvgIpc) is 3.18. The summed E-state index contributed by atoms with van der Waals surface area (Å²) in [6.45, 7) is 1.92. The summed E-state index contributed by atoms with van der Waals surface area (Å²) < 4.78 is 11.5. The number of aromatic nitrogens is 1. The van der Waals surface area contributed by atoms with Crippen LogP contribution >= 0.6 is 11.6 Å². The van der Waals surface area contributed by atoms with Gasteiger partial charge in [-0.2, -0.15) is 0 Å². The van der Waals surface area contributed by atoms with Gasteiger partial charge >= 0.3 is 0 Å². The van der Waals surface area contributed by atoms with E-state index in [9.17, 15) is 14.7 Å². The topological polar surface area (TPSA) is 89.0 Å². The van der Waals surface area contributed by atoms with Crippen molar-refractivity contribution in [3.63, 3.8) is 0 Å². The molecule has 0 bridgehead atoms. The van der Waals surface area contributed by atoms with Gasteiger partial charge in [0, 0.05) is 18.9 Å². The number of carbonyl (C=O) groups excluding carboxylic acids is 2. The Morgan fingerprint density at radius 1 is 1.00 bits per heavy atom. The Hall–Kier alpha value is -4.62. The predicted molar refractivity (Wildman–Crippen MR) is 148 cm³/mol. The van der Waals surface area contributed by atoms with Gasteiger partial charge in [0.25, 0.3) is 11.7 Å². The fourth-order valence-corrected chi connectivity index (χ4v) is 5.06. The molecule has 3 aromatic carbocycles. The van der Waals surface area contributed by atoms with Crippen LogP contribution in [0.25, 0.3) is 5.76 Å². The third-order valence-corrected chi connectivity index (χ3v) is 6.70. The summed E-state index contributed by atoms with van der Waals surface area (Å²) in [5.41, 5.74) is 2.23. The number of ether oxygens (including phenoxy) is 2. The number of benzene rings is 3. The molecule has 0 radical (unpaired) electrons. The molecule has 1 aliphatic rings. The van der Waals surface area contributed by atoms with E-state index < -0.39 is 17.7 Å². The molecular weight excluding hydrogens is 516 g/mol. The summed E-state index contributed by atoms with van der Waals surface area (Å²) in [4.78, 5) is 32.5. The minimum absolute atomic E-state index is 0.0688. The van der Waals surface area contributed by atoms with Gasteiger partial charge in [0.15, 0.2) is 0 Å². The number of amides is 1. The highest BCUT2D eigenvalue weighted by Crippen LogP contribution is 2.44. The molecule has 4 aromatic rings. The van der Waals surface area contributed by atoms with Crippen molar-refractivity contribution in [3.8, 4) is 17.2 Å². The first kappa shape index (κ1) is 26.0. The summed E-state index contributed by atoms with van der Waals surface area (Å²) in [5.74, 6) is -0.560. The van der Waals surface area contributed by atoms with Crippen LogP contribution in [-0.2, 0) is 16.1 Å². The lowest BCUT2D eigenvalue weighted by Gasteiger charge is -2.26. The lowest BCUT2D eigenvalue weighted by Crippen LogP contribution is -2.29. The number of ketones is 1. The Morgan fingerprint density at radius 2 is 1.77 bits per heavy atom. The van der Waals surface area contributed by atoms with Crippen molar-refractivity contribution in [2.75, 3.05) is 7.11 Å². The first-order valence-electron chi connectivity index (χ1n) is 12.2. The third kappa shape index (κ3) is 5.22. The van der Waals surface area contributed by atoms with Crippen LogP contribution in [0.15, 0.2) is 96.8 Å². The highest BCUT2D eigenvalue weighted by atomic mass is 35.5. The van der Waals surface area contributed by atoms with E-state index in [-0.39, 0.29) is 34.2 Å². The van der Waals surface area contributed by atoms with Gasteiger partial charge < -0.3 is 19.5 Å². The maximum atomic E-state index is 13.5. The van der Waals surface area contributed by atoms with Gasteiger partial charge in [0.1, 0.15) is 23.0 Å². The minimum atomic E-state index is -0.909. The number of pyridine rings is 1. The van der Waals surface area contributed by atoms with Crippen LogP contribution in [0.1, 0.15) is 28.3 Å². The molecule has 1 N–H and O–H groups in total. The molecule has 1 amide bonds. The number of halogens is 1. The molecule has 0 aliphatic carbocycles. The molecule has 39 heavy (non-hydrogen) atoms. The molecule has 196 valence electrons. The maximum absolute atomic E-state index is 13.5. The molecule has 1 saturated heterocycles. The zero-order valence-corrected chi connectivity index (χ0v) is 22.1. The Balaban J connectivity index is 1.67. The van der Waals surface area contributed by atoms with Crippen molar-refractivity contribution in [1.29, 1.82) is 0 Å². The van der Waals surface area contributed by atoms with Gasteiger partial charge in [0.05, 0.1) is 29.3 Å². The highest BCUT2D eigenvalue weighted by Gasteiger charge is 2.46. The van der Waals surface area contributed by atoms with E-state index in [4.69, 9.17) is 21.1 Å². The number of hydrogen-bond donors (Lipinski definition) is 1. The normalized spacial score (nSPS) is 16.4. The molecule has 5 rings (SSSR count). The quantitative estimate of drug-likeness (QED) is 0.164. The average molecular weight is 541 g/mol. The number of Topliss-reactive ketones (excluding diaryl/α,β-unsaturated/α-hetero) is 1. The number of hydrogen-bond acceptors (Lipinski definition) is 6. The van der Waals surface area contributed by atoms with Gasteiger partial charge in [-0.15, -0.1) is 0 Å². The van der Waals surface area contributed by atoms with E-state index in [1.807, 2.05) is 43.3 Å². The first-order valence-corrected chi connectivity index (χ1v) is 12.6. The summed E-state index contributed by atoms with van der Waals surface area (Å²) >= 11 is 6.39. The van der Waals surface area contributed by atoms with Crippen LogP contribution in [0, 0.1) is 6.92 Å². The second kappa shape index (κ2) is 11.0. The largest absolute Gasteiger partial charge is 0.507 e. The second-order valence-electron chi connectivity index (χ2n) is 9.10. The van der Waals surface area contributed by atoms with Crippen LogP contribution < -0.4 is 9.47 Å². The van der Waals surface area contributed by atoms with E-state index >= 15 is 0 Å². The molecule has 2 heterocycles. The molecule has 1 unspecified atom stereocenters. The van der Waals surface area contributed by atoms with Gasteiger partial charge in [-0.3, -0.25) is 14.6 Å². The maximum Gasteiger partial charge on any atom is 0.295 e. The summed E-state index contributed by atoms with van der Waals surface area (Å²) in [6.07, 6.45) is 3.27. The second-order valence-corrected chi connectivity index (χ2v) is 9.51. The number of methoxy groups -OCH3 is 1. The molecule has 1 fully saturated rings. The van der Waals surface area contributed by atoms with Crippen molar-refractivity contribution in [3.05, 3.63) is 124 Å².